The van der Waals surface area contributed by atoms with Crippen LogP contribution >= 0.6 is 0 Å². The van der Waals surface area contributed by atoms with Crippen LogP contribution in [0.5, 0.6) is 0 Å². The molecular formula is C20H30N2O3. The lowest BCUT2D eigenvalue weighted by Crippen LogP contribution is -2.40. The molecule has 0 radical (unpaired) electrons. The fraction of sp³-hybridized carbons (Fsp3) is 0.650. The van der Waals surface area contributed by atoms with Crippen LogP contribution in [0.15, 0.2) is 18.2 Å². The molecule has 2 aliphatic rings. The van der Waals surface area contributed by atoms with E-state index < -0.39 is 5.60 Å². The summed E-state index contributed by atoms with van der Waals surface area (Å²) in [5, 5.41) is 3.67. The third kappa shape index (κ3) is 4.95. The van der Waals surface area contributed by atoms with Crippen molar-refractivity contribution in [2.24, 2.45) is 0 Å². The first-order chi connectivity index (χ1) is 11.9. The van der Waals surface area contributed by atoms with Crippen LogP contribution in [0.1, 0.15) is 50.3 Å². The first kappa shape index (κ1) is 18.2. The summed E-state index contributed by atoms with van der Waals surface area (Å²) in [7, 11) is 0. The molecule has 0 atom stereocenters. The summed E-state index contributed by atoms with van der Waals surface area (Å²) in [6.07, 6.45) is 2.84. The monoisotopic (exact) mass is 346 g/mol. The van der Waals surface area contributed by atoms with Crippen LogP contribution in [-0.2, 0) is 29.0 Å². The molecule has 25 heavy (non-hydrogen) atoms. The van der Waals surface area contributed by atoms with E-state index >= 15 is 0 Å². The Labute approximate surface area is 150 Å². The van der Waals surface area contributed by atoms with Crippen LogP contribution in [0, 0.1) is 0 Å². The number of fused-ring (bicyclic) bond motifs is 1. The minimum atomic E-state index is -0.452. The lowest BCUT2D eigenvalue weighted by molar-refractivity contribution is 0.0223. The van der Waals surface area contributed by atoms with E-state index in [4.69, 9.17) is 9.47 Å². The maximum Gasteiger partial charge on any atom is 0.410 e. The molecule has 1 aromatic rings. The third-order valence-corrected chi connectivity index (χ3v) is 4.82. The van der Waals surface area contributed by atoms with Crippen molar-refractivity contribution >= 4 is 6.09 Å². The Morgan fingerprint density at radius 3 is 2.80 bits per heavy atom. The third-order valence-electron chi connectivity index (χ3n) is 4.82. The fourth-order valence-electron chi connectivity index (χ4n) is 3.49. The number of hydrogen-bond donors (Lipinski definition) is 1. The Hall–Kier alpha value is -1.59. The van der Waals surface area contributed by atoms with Gasteiger partial charge >= 0.3 is 6.09 Å². The van der Waals surface area contributed by atoms with Gasteiger partial charge in [0.25, 0.3) is 0 Å². The first-order valence-electron chi connectivity index (χ1n) is 9.31. The average molecular weight is 346 g/mol. The van der Waals surface area contributed by atoms with Crippen molar-refractivity contribution in [3.8, 4) is 0 Å². The predicted molar refractivity (Wildman–Crippen MR) is 97.5 cm³/mol. The van der Waals surface area contributed by atoms with Gasteiger partial charge in [-0.1, -0.05) is 18.2 Å². The molecule has 0 bridgehead atoms. The molecule has 0 aliphatic carbocycles. The summed E-state index contributed by atoms with van der Waals surface area (Å²) >= 11 is 0. The second kappa shape index (κ2) is 7.75. The molecule has 2 aliphatic heterocycles. The smallest absolute Gasteiger partial charge is 0.410 e. The molecule has 0 spiro atoms. The summed E-state index contributed by atoms with van der Waals surface area (Å²) in [5.74, 6) is 0. The second-order valence-corrected chi connectivity index (χ2v) is 7.97. The molecule has 2 heterocycles. The minimum absolute atomic E-state index is 0.219. The Kier molecular flexibility index (Phi) is 5.64. The number of carbonyl (C=O) groups is 1. The molecule has 138 valence electrons. The van der Waals surface area contributed by atoms with Crippen LogP contribution < -0.4 is 5.32 Å². The average Bonchev–Trinajstić information content (AvgIpc) is 2.59. The van der Waals surface area contributed by atoms with Crippen LogP contribution in [-0.4, -0.2) is 42.4 Å². The molecular weight excluding hydrogens is 316 g/mol. The number of ether oxygens (including phenoxy) is 2. The summed E-state index contributed by atoms with van der Waals surface area (Å²) in [5.41, 5.74) is 3.53. The molecule has 1 fully saturated rings. The fourth-order valence-corrected chi connectivity index (χ4v) is 3.49. The minimum Gasteiger partial charge on any atom is -0.444 e. The summed E-state index contributed by atoms with van der Waals surface area (Å²) < 4.78 is 10.9. The molecule has 1 N–H and O–H groups in total. The lowest BCUT2D eigenvalue weighted by atomic mass is 9.94. The van der Waals surface area contributed by atoms with Gasteiger partial charge in [-0.2, -0.15) is 0 Å². The van der Waals surface area contributed by atoms with Gasteiger partial charge in [-0.25, -0.2) is 4.79 Å². The Morgan fingerprint density at radius 2 is 2.08 bits per heavy atom. The van der Waals surface area contributed by atoms with Crippen molar-refractivity contribution in [3.05, 3.63) is 34.9 Å². The Morgan fingerprint density at radius 1 is 1.32 bits per heavy atom. The quantitative estimate of drug-likeness (QED) is 0.913. The van der Waals surface area contributed by atoms with Crippen molar-refractivity contribution in [2.75, 3.05) is 19.8 Å². The number of benzene rings is 1. The van der Waals surface area contributed by atoms with Crippen LogP contribution in [0.25, 0.3) is 0 Å². The zero-order valence-corrected chi connectivity index (χ0v) is 15.6. The standard InChI is InChI=1S/C20H30N2O3/c1-20(2,3)25-19(23)22-10-7-18-15(5-4-6-16(18)14-22)13-21-17-8-11-24-12-9-17/h4-6,17,21H,7-14H2,1-3H3. The normalized spacial score (nSPS) is 18.8. The van der Waals surface area contributed by atoms with Gasteiger partial charge < -0.3 is 19.7 Å². The molecule has 5 heteroatoms. The SMILES string of the molecule is CC(C)(C)OC(=O)N1CCc2c(CNC3CCOCC3)cccc2C1. The van der Waals surface area contributed by atoms with E-state index in [0.29, 0.717) is 12.6 Å². The van der Waals surface area contributed by atoms with Gasteiger partial charge in [-0.15, -0.1) is 0 Å². The molecule has 0 unspecified atom stereocenters. The zero-order valence-electron chi connectivity index (χ0n) is 15.6. The highest BCUT2D eigenvalue weighted by Gasteiger charge is 2.26. The maximum atomic E-state index is 12.3. The van der Waals surface area contributed by atoms with Gasteiger partial charge in [0.15, 0.2) is 0 Å². The second-order valence-electron chi connectivity index (χ2n) is 7.97. The number of nitrogens with one attached hydrogen (secondary N) is 1. The number of hydrogen-bond acceptors (Lipinski definition) is 4. The van der Waals surface area contributed by atoms with Crippen LogP contribution in [0.4, 0.5) is 4.79 Å². The number of carbonyl (C=O) groups excluding carboxylic acids is 1. The van der Waals surface area contributed by atoms with Gasteiger partial charge in [0.05, 0.1) is 0 Å². The van der Waals surface area contributed by atoms with Crippen molar-refractivity contribution < 1.29 is 14.3 Å². The topological polar surface area (TPSA) is 50.8 Å². The molecule has 1 amide bonds. The highest BCUT2D eigenvalue weighted by atomic mass is 16.6. The molecule has 5 nitrogen and oxygen atoms in total. The van der Waals surface area contributed by atoms with Gasteiger partial charge in [0.2, 0.25) is 0 Å². The Bertz CT molecular complexity index is 603. The van der Waals surface area contributed by atoms with Crippen molar-refractivity contribution in [1.29, 1.82) is 0 Å². The van der Waals surface area contributed by atoms with E-state index in [1.54, 1.807) is 0 Å². The first-order valence-corrected chi connectivity index (χ1v) is 9.31. The van der Waals surface area contributed by atoms with E-state index in [1.807, 2.05) is 25.7 Å². The lowest BCUT2D eigenvalue weighted by Gasteiger charge is -2.32. The Balaban J connectivity index is 1.62. The van der Waals surface area contributed by atoms with Crippen molar-refractivity contribution in [2.45, 2.75) is 64.8 Å². The molecule has 0 saturated carbocycles. The number of nitrogens with zero attached hydrogens (tertiary/aromatic N) is 1. The van der Waals surface area contributed by atoms with Crippen molar-refractivity contribution in [1.82, 2.24) is 10.2 Å². The zero-order chi connectivity index (χ0) is 17.9. The van der Waals surface area contributed by atoms with Gasteiger partial charge in [0, 0.05) is 38.9 Å². The van der Waals surface area contributed by atoms with E-state index in [2.05, 4.69) is 23.5 Å². The molecule has 1 aromatic carbocycles. The largest absolute Gasteiger partial charge is 0.444 e. The highest BCUT2D eigenvalue weighted by molar-refractivity contribution is 5.68. The molecule has 0 aromatic heterocycles. The van der Waals surface area contributed by atoms with Crippen molar-refractivity contribution in [3.63, 3.8) is 0 Å². The maximum absolute atomic E-state index is 12.3. The van der Waals surface area contributed by atoms with Gasteiger partial charge in [-0.3, -0.25) is 0 Å². The van der Waals surface area contributed by atoms with E-state index in [9.17, 15) is 4.79 Å². The molecule has 3 rings (SSSR count). The van der Waals surface area contributed by atoms with E-state index in [0.717, 1.165) is 45.6 Å². The van der Waals surface area contributed by atoms with E-state index in [-0.39, 0.29) is 6.09 Å². The summed E-state index contributed by atoms with van der Waals surface area (Å²) in [6.45, 7) is 9.67. The van der Waals surface area contributed by atoms with E-state index in [1.165, 1.54) is 16.7 Å². The number of rotatable bonds is 3. The summed E-state index contributed by atoms with van der Waals surface area (Å²) in [6, 6.07) is 6.97. The van der Waals surface area contributed by atoms with Gasteiger partial charge in [0.1, 0.15) is 5.60 Å². The van der Waals surface area contributed by atoms with Crippen LogP contribution in [0.3, 0.4) is 0 Å². The van der Waals surface area contributed by atoms with Gasteiger partial charge in [-0.05, 0) is 56.7 Å². The highest BCUT2D eigenvalue weighted by Crippen LogP contribution is 2.24. The number of amides is 1. The molecule has 1 saturated heterocycles. The predicted octanol–water partition coefficient (Wildman–Crippen LogP) is 3.25. The summed E-state index contributed by atoms with van der Waals surface area (Å²) in [4.78, 5) is 14.1. The van der Waals surface area contributed by atoms with Crippen LogP contribution in [0.2, 0.25) is 0 Å².